The van der Waals surface area contributed by atoms with Crippen LogP contribution < -0.4 is 14.2 Å². The second kappa shape index (κ2) is 10.2. The number of carbonyl (C=O) groups excluding carboxylic acids is 2. The van der Waals surface area contributed by atoms with Gasteiger partial charge >= 0.3 is 16.1 Å². The molecule has 1 amide bonds. The Kier molecular flexibility index (Phi) is 7.34. The Bertz CT molecular complexity index is 1250. The molecule has 9 heteroatoms. The van der Waals surface area contributed by atoms with Crippen molar-refractivity contribution in [2.45, 2.75) is 18.7 Å². The van der Waals surface area contributed by atoms with Crippen LogP contribution >= 0.6 is 0 Å². The highest BCUT2D eigenvalue weighted by Crippen LogP contribution is 2.23. The molecule has 0 aliphatic heterocycles. The van der Waals surface area contributed by atoms with Crippen LogP contribution in [0.5, 0.6) is 11.5 Å². The summed E-state index contributed by atoms with van der Waals surface area (Å²) in [4.78, 5) is 24.3. The van der Waals surface area contributed by atoms with Gasteiger partial charge in [0.05, 0.1) is 12.7 Å². The zero-order valence-corrected chi connectivity index (χ0v) is 19.1. The number of aryl methyl sites for hydroxylation is 2. The number of rotatable bonds is 8. The van der Waals surface area contributed by atoms with Crippen molar-refractivity contribution in [2.24, 2.45) is 0 Å². The second-order valence-corrected chi connectivity index (χ2v) is 8.70. The van der Waals surface area contributed by atoms with Crippen LogP contribution in [0, 0.1) is 13.8 Å². The molecule has 0 saturated heterocycles. The van der Waals surface area contributed by atoms with Gasteiger partial charge in [-0.25, -0.2) is 4.79 Å². The quantitative estimate of drug-likeness (QED) is 0.394. The first-order valence-corrected chi connectivity index (χ1v) is 11.3. The molecule has 3 aromatic carbocycles. The van der Waals surface area contributed by atoms with Crippen molar-refractivity contribution in [3.8, 4) is 11.5 Å². The molecule has 1 N–H and O–H groups in total. The van der Waals surface area contributed by atoms with E-state index in [-0.39, 0.29) is 16.2 Å². The molecular formula is C24H23NO7S. The first kappa shape index (κ1) is 23.8. The van der Waals surface area contributed by atoms with Gasteiger partial charge in [-0.15, -0.1) is 0 Å². The van der Waals surface area contributed by atoms with Crippen molar-refractivity contribution in [3.05, 3.63) is 83.4 Å². The minimum Gasteiger partial charge on any atom is -0.497 e. The van der Waals surface area contributed by atoms with Crippen molar-refractivity contribution < 1.29 is 31.7 Å². The summed E-state index contributed by atoms with van der Waals surface area (Å²) < 4.78 is 40.4. The van der Waals surface area contributed by atoms with Crippen LogP contribution in [0.4, 0.5) is 5.69 Å². The first-order valence-electron chi connectivity index (χ1n) is 9.91. The molecule has 0 radical (unpaired) electrons. The molecule has 0 saturated carbocycles. The highest BCUT2D eigenvalue weighted by molar-refractivity contribution is 7.87. The van der Waals surface area contributed by atoms with Gasteiger partial charge in [0.15, 0.2) is 6.61 Å². The number of ether oxygens (including phenoxy) is 2. The monoisotopic (exact) mass is 469 g/mol. The minimum absolute atomic E-state index is 0.0460. The number of esters is 1. The second-order valence-electron chi connectivity index (χ2n) is 7.18. The molecule has 3 aromatic rings. The Morgan fingerprint density at radius 1 is 0.879 bits per heavy atom. The fourth-order valence-corrected chi connectivity index (χ4v) is 4.13. The Balaban J connectivity index is 1.57. The molecule has 33 heavy (non-hydrogen) atoms. The molecule has 0 heterocycles. The third-order valence-electron chi connectivity index (χ3n) is 4.62. The summed E-state index contributed by atoms with van der Waals surface area (Å²) in [6.07, 6.45) is 0. The zero-order valence-electron chi connectivity index (χ0n) is 18.3. The van der Waals surface area contributed by atoms with E-state index in [4.69, 9.17) is 13.7 Å². The van der Waals surface area contributed by atoms with Gasteiger partial charge in [-0.05, 0) is 79.6 Å². The zero-order chi connectivity index (χ0) is 24.0. The maximum Gasteiger partial charge on any atom is 0.339 e. The van der Waals surface area contributed by atoms with E-state index in [0.29, 0.717) is 17.0 Å². The standard InChI is InChI=1S/C24H23NO7S/c1-16-4-5-17(2)22(14-16)33(28,29)32-21-10-6-18(7-11-21)24(27)31-15-23(26)25-19-8-12-20(30-3)13-9-19/h4-14H,15H2,1-3H3,(H,25,26). The van der Waals surface area contributed by atoms with E-state index >= 15 is 0 Å². The van der Waals surface area contributed by atoms with Crippen molar-refractivity contribution >= 4 is 27.7 Å². The minimum atomic E-state index is -4.03. The van der Waals surface area contributed by atoms with E-state index in [2.05, 4.69) is 5.32 Å². The average molecular weight is 470 g/mol. The summed E-state index contributed by atoms with van der Waals surface area (Å²) in [5, 5.41) is 2.60. The van der Waals surface area contributed by atoms with Crippen molar-refractivity contribution in [3.63, 3.8) is 0 Å². The van der Waals surface area contributed by atoms with Crippen LogP contribution in [0.3, 0.4) is 0 Å². The molecule has 172 valence electrons. The molecular weight excluding hydrogens is 446 g/mol. The number of methoxy groups -OCH3 is 1. The fourth-order valence-electron chi connectivity index (χ4n) is 2.88. The predicted octanol–water partition coefficient (Wildman–Crippen LogP) is 3.88. The smallest absolute Gasteiger partial charge is 0.339 e. The lowest BCUT2D eigenvalue weighted by Crippen LogP contribution is -2.20. The Morgan fingerprint density at radius 2 is 1.52 bits per heavy atom. The first-order chi connectivity index (χ1) is 15.7. The van der Waals surface area contributed by atoms with Gasteiger partial charge in [-0.3, -0.25) is 4.79 Å². The van der Waals surface area contributed by atoms with Gasteiger partial charge in [0.2, 0.25) is 0 Å². The Morgan fingerprint density at radius 3 is 2.15 bits per heavy atom. The van der Waals surface area contributed by atoms with Crippen molar-refractivity contribution in [2.75, 3.05) is 19.0 Å². The highest BCUT2D eigenvalue weighted by atomic mass is 32.2. The molecule has 0 spiro atoms. The maximum atomic E-state index is 12.6. The van der Waals surface area contributed by atoms with Crippen molar-refractivity contribution in [1.29, 1.82) is 0 Å². The van der Waals surface area contributed by atoms with E-state index in [1.54, 1.807) is 44.2 Å². The van der Waals surface area contributed by atoms with Gasteiger partial charge in [0.25, 0.3) is 5.91 Å². The van der Waals surface area contributed by atoms with Crippen molar-refractivity contribution in [1.82, 2.24) is 0 Å². The lowest BCUT2D eigenvalue weighted by atomic mass is 10.2. The molecule has 0 bridgehead atoms. The number of anilines is 1. The van der Waals surface area contributed by atoms with Gasteiger partial charge in [0.1, 0.15) is 16.4 Å². The van der Waals surface area contributed by atoms with E-state index in [0.717, 1.165) is 5.56 Å². The summed E-state index contributed by atoms with van der Waals surface area (Å²) >= 11 is 0. The third kappa shape index (κ3) is 6.33. The van der Waals surface area contributed by atoms with Crippen LogP contribution in [0.25, 0.3) is 0 Å². The number of hydrogen-bond acceptors (Lipinski definition) is 7. The molecule has 3 rings (SSSR count). The Labute approximate surface area is 192 Å². The highest BCUT2D eigenvalue weighted by Gasteiger charge is 2.20. The number of hydrogen-bond donors (Lipinski definition) is 1. The third-order valence-corrected chi connectivity index (χ3v) is 6.01. The summed E-state index contributed by atoms with van der Waals surface area (Å²) in [6, 6.07) is 17.1. The van der Waals surface area contributed by atoms with E-state index < -0.39 is 28.6 Å². The molecule has 0 aliphatic carbocycles. The van der Waals surface area contributed by atoms with Crippen LogP contribution in [-0.2, 0) is 19.6 Å². The normalized spacial score (nSPS) is 10.9. The van der Waals surface area contributed by atoms with Gasteiger partial charge in [-0.1, -0.05) is 12.1 Å². The molecule has 0 atom stereocenters. The number of nitrogens with one attached hydrogen (secondary N) is 1. The lowest BCUT2D eigenvalue weighted by Gasteiger charge is -2.11. The molecule has 0 fully saturated rings. The molecule has 0 aromatic heterocycles. The predicted molar refractivity (Wildman–Crippen MR) is 122 cm³/mol. The SMILES string of the molecule is COc1ccc(NC(=O)COC(=O)c2ccc(OS(=O)(=O)c3cc(C)ccc3C)cc2)cc1. The van der Waals surface area contributed by atoms with Crippen LogP contribution in [-0.4, -0.2) is 34.0 Å². The van der Waals surface area contributed by atoms with Crippen LogP contribution in [0.2, 0.25) is 0 Å². The fraction of sp³-hybridized carbons (Fsp3) is 0.167. The van der Waals surface area contributed by atoms with E-state index in [1.165, 1.54) is 37.4 Å². The summed E-state index contributed by atoms with van der Waals surface area (Å²) in [5.41, 5.74) is 2.03. The lowest BCUT2D eigenvalue weighted by molar-refractivity contribution is -0.119. The Hall–Kier alpha value is -3.85. The summed E-state index contributed by atoms with van der Waals surface area (Å²) in [7, 11) is -2.49. The molecule has 0 aliphatic rings. The van der Waals surface area contributed by atoms with Crippen LogP contribution in [0.15, 0.2) is 71.6 Å². The van der Waals surface area contributed by atoms with Gasteiger partial charge in [-0.2, -0.15) is 8.42 Å². The summed E-state index contributed by atoms with van der Waals surface area (Å²) in [5.74, 6) is -0.546. The molecule has 0 unspecified atom stereocenters. The van der Waals surface area contributed by atoms with E-state index in [1.807, 2.05) is 6.07 Å². The summed E-state index contributed by atoms with van der Waals surface area (Å²) in [6.45, 7) is 2.99. The topological polar surface area (TPSA) is 108 Å². The van der Waals surface area contributed by atoms with Gasteiger partial charge in [0, 0.05) is 5.69 Å². The number of carbonyl (C=O) groups is 2. The average Bonchev–Trinajstić information content (AvgIpc) is 2.79. The molecule has 8 nitrogen and oxygen atoms in total. The van der Waals surface area contributed by atoms with Gasteiger partial charge < -0.3 is 19.0 Å². The van der Waals surface area contributed by atoms with Crippen LogP contribution in [0.1, 0.15) is 21.5 Å². The maximum absolute atomic E-state index is 12.6. The number of benzene rings is 3. The number of amides is 1. The largest absolute Gasteiger partial charge is 0.497 e. The van der Waals surface area contributed by atoms with E-state index in [9.17, 15) is 18.0 Å².